The minimum atomic E-state index is -4.31. The number of rotatable bonds is 4. The molecule has 0 aromatic carbocycles. The smallest absolute Gasteiger partial charge is 0.364 e. The highest BCUT2D eigenvalue weighted by Gasteiger charge is 2.27. The number of nitrogens with one attached hydrogen (secondary N) is 1. The molecule has 0 bridgehead atoms. The molecular formula is C6H12F3N3O. The van der Waals surface area contributed by atoms with Gasteiger partial charge in [0.2, 0.25) is 0 Å². The van der Waals surface area contributed by atoms with Crippen LogP contribution in [0.3, 0.4) is 0 Å². The largest absolute Gasteiger partial charge is 0.411 e. The SMILES string of the molecule is CCN=C(COCC(F)(F)F)NN. The first kappa shape index (κ1) is 12.2. The average Bonchev–Trinajstić information content (AvgIpc) is 2.01. The summed E-state index contributed by atoms with van der Waals surface area (Å²) in [5, 5.41) is 0. The molecule has 4 nitrogen and oxygen atoms in total. The quantitative estimate of drug-likeness (QED) is 0.299. The van der Waals surface area contributed by atoms with E-state index in [1.807, 2.05) is 0 Å². The van der Waals surface area contributed by atoms with Crippen molar-refractivity contribution in [1.82, 2.24) is 5.43 Å². The van der Waals surface area contributed by atoms with Crippen LogP contribution in [0, 0.1) is 0 Å². The highest BCUT2D eigenvalue weighted by molar-refractivity contribution is 5.82. The number of hydrogen-bond acceptors (Lipinski definition) is 3. The molecular weight excluding hydrogens is 187 g/mol. The summed E-state index contributed by atoms with van der Waals surface area (Å²) in [5.41, 5.74) is 2.15. The molecule has 0 saturated carbocycles. The van der Waals surface area contributed by atoms with E-state index in [1.165, 1.54) is 0 Å². The molecule has 0 radical (unpaired) electrons. The van der Waals surface area contributed by atoms with E-state index >= 15 is 0 Å². The first-order chi connectivity index (χ1) is 5.99. The highest BCUT2D eigenvalue weighted by Crippen LogP contribution is 2.13. The van der Waals surface area contributed by atoms with Crippen LogP contribution < -0.4 is 11.3 Å². The molecule has 7 heteroatoms. The minimum Gasteiger partial charge on any atom is -0.364 e. The van der Waals surface area contributed by atoms with Gasteiger partial charge in [0.05, 0.1) is 0 Å². The van der Waals surface area contributed by atoms with Gasteiger partial charge >= 0.3 is 6.18 Å². The van der Waals surface area contributed by atoms with E-state index in [-0.39, 0.29) is 12.4 Å². The van der Waals surface area contributed by atoms with Crippen molar-refractivity contribution in [3.63, 3.8) is 0 Å². The molecule has 0 spiro atoms. The van der Waals surface area contributed by atoms with Crippen molar-refractivity contribution in [1.29, 1.82) is 0 Å². The molecule has 78 valence electrons. The molecule has 0 amide bonds. The molecule has 0 aromatic rings. The van der Waals surface area contributed by atoms with E-state index in [9.17, 15) is 13.2 Å². The summed E-state index contributed by atoms with van der Waals surface area (Å²) in [7, 11) is 0. The summed E-state index contributed by atoms with van der Waals surface area (Å²) in [4.78, 5) is 3.75. The maximum absolute atomic E-state index is 11.6. The summed E-state index contributed by atoms with van der Waals surface area (Å²) in [6, 6.07) is 0. The minimum absolute atomic E-state index is 0.201. The maximum Gasteiger partial charge on any atom is 0.411 e. The fourth-order valence-corrected chi connectivity index (χ4v) is 0.587. The summed E-state index contributed by atoms with van der Waals surface area (Å²) in [6.45, 7) is 0.622. The Morgan fingerprint density at radius 3 is 2.54 bits per heavy atom. The Bertz CT molecular complexity index is 169. The van der Waals surface area contributed by atoms with E-state index in [0.717, 1.165) is 0 Å². The summed E-state index contributed by atoms with van der Waals surface area (Å²) in [5.74, 6) is 5.17. The van der Waals surface area contributed by atoms with Crippen molar-refractivity contribution < 1.29 is 17.9 Å². The number of alkyl halides is 3. The lowest BCUT2D eigenvalue weighted by atomic mass is 10.6. The van der Waals surface area contributed by atoms with Gasteiger partial charge in [-0.1, -0.05) is 0 Å². The van der Waals surface area contributed by atoms with Gasteiger partial charge in [0.25, 0.3) is 0 Å². The molecule has 0 aliphatic rings. The molecule has 0 aliphatic heterocycles. The fraction of sp³-hybridized carbons (Fsp3) is 0.833. The Kier molecular flexibility index (Phi) is 5.40. The van der Waals surface area contributed by atoms with Gasteiger partial charge < -0.3 is 10.2 Å². The molecule has 0 aliphatic carbocycles. The van der Waals surface area contributed by atoms with Crippen molar-refractivity contribution in [2.45, 2.75) is 13.1 Å². The number of hydrogen-bond donors (Lipinski definition) is 2. The molecule has 0 saturated heterocycles. The van der Waals surface area contributed by atoms with Crippen molar-refractivity contribution in [2.24, 2.45) is 10.8 Å². The van der Waals surface area contributed by atoms with Crippen LogP contribution in [0.25, 0.3) is 0 Å². The second-order valence-corrected chi connectivity index (χ2v) is 2.17. The molecule has 0 heterocycles. The molecule has 0 aromatic heterocycles. The van der Waals surface area contributed by atoms with Crippen LogP contribution in [-0.2, 0) is 4.74 Å². The Labute approximate surface area is 73.9 Å². The summed E-state index contributed by atoms with van der Waals surface area (Å²) >= 11 is 0. The van der Waals surface area contributed by atoms with Crippen LogP contribution in [0.4, 0.5) is 13.2 Å². The van der Waals surface area contributed by atoms with Crippen molar-refractivity contribution in [2.75, 3.05) is 19.8 Å². The van der Waals surface area contributed by atoms with Crippen LogP contribution in [-0.4, -0.2) is 31.8 Å². The Balaban J connectivity index is 3.68. The zero-order chi connectivity index (χ0) is 10.3. The van der Waals surface area contributed by atoms with Crippen LogP contribution in [0.2, 0.25) is 0 Å². The summed E-state index contributed by atoms with van der Waals surface area (Å²) < 4.78 is 39.0. The van der Waals surface area contributed by atoms with E-state index < -0.39 is 12.8 Å². The van der Waals surface area contributed by atoms with Gasteiger partial charge in [-0.05, 0) is 6.92 Å². The molecule has 0 unspecified atom stereocenters. The predicted molar refractivity (Wildman–Crippen MR) is 42.2 cm³/mol. The first-order valence-electron chi connectivity index (χ1n) is 3.64. The molecule has 3 N–H and O–H groups in total. The third-order valence-electron chi connectivity index (χ3n) is 1.02. The van der Waals surface area contributed by atoms with E-state index in [4.69, 9.17) is 5.84 Å². The Morgan fingerprint density at radius 2 is 2.15 bits per heavy atom. The lowest BCUT2D eigenvalue weighted by Gasteiger charge is -2.08. The van der Waals surface area contributed by atoms with Gasteiger partial charge in [0.15, 0.2) is 0 Å². The average molecular weight is 199 g/mol. The zero-order valence-corrected chi connectivity index (χ0v) is 7.19. The fourth-order valence-electron chi connectivity index (χ4n) is 0.587. The standard InChI is InChI=1S/C6H12F3N3O/c1-2-11-5(12-10)3-13-4-6(7,8)9/h2-4,10H2,1H3,(H,11,12). The highest BCUT2D eigenvalue weighted by atomic mass is 19.4. The first-order valence-corrected chi connectivity index (χ1v) is 3.64. The van der Waals surface area contributed by atoms with Crippen molar-refractivity contribution >= 4 is 5.84 Å². The Hall–Kier alpha value is -0.820. The van der Waals surface area contributed by atoms with Gasteiger partial charge in [-0.25, -0.2) is 5.84 Å². The third kappa shape index (κ3) is 7.54. The van der Waals surface area contributed by atoms with Crippen molar-refractivity contribution in [3.05, 3.63) is 0 Å². The maximum atomic E-state index is 11.6. The van der Waals surface area contributed by atoms with Gasteiger partial charge in [0, 0.05) is 6.54 Å². The second kappa shape index (κ2) is 5.76. The number of nitrogens with two attached hydrogens (primary N) is 1. The van der Waals surface area contributed by atoms with Gasteiger partial charge in [0.1, 0.15) is 19.0 Å². The van der Waals surface area contributed by atoms with Gasteiger partial charge in [-0.3, -0.25) is 4.99 Å². The van der Waals surface area contributed by atoms with Crippen LogP contribution in [0.5, 0.6) is 0 Å². The van der Waals surface area contributed by atoms with Gasteiger partial charge in [-0.15, -0.1) is 0 Å². The lowest BCUT2D eigenvalue weighted by Crippen LogP contribution is -2.35. The third-order valence-corrected chi connectivity index (χ3v) is 1.02. The second-order valence-electron chi connectivity index (χ2n) is 2.17. The summed E-state index contributed by atoms with van der Waals surface area (Å²) in [6.07, 6.45) is -4.31. The number of amidine groups is 1. The van der Waals surface area contributed by atoms with Gasteiger partial charge in [-0.2, -0.15) is 13.2 Å². The predicted octanol–water partition coefficient (Wildman–Crippen LogP) is 0.447. The molecule has 0 atom stereocenters. The topological polar surface area (TPSA) is 59.6 Å². The lowest BCUT2D eigenvalue weighted by molar-refractivity contribution is -0.170. The molecule has 13 heavy (non-hydrogen) atoms. The van der Waals surface area contributed by atoms with E-state index in [0.29, 0.717) is 6.54 Å². The Morgan fingerprint density at radius 1 is 1.54 bits per heavy atom. The number of hydrazine groups is 1. The van der Waals surface area contributed by atoms with Crippen LogP contribution in [0.1, 0.15) is 6.92 Å². The normalized spacial score (nSPS) is 13.2. The van der Waals surface area contributed by atoms with Crippen molar-refractivity contribution in [3.8, 4) is 0 Å². The zero-order valence-electron chi connectivity index (χ0n) is 7.19. The van der Waals surface area contributed by atoms with E-state index in [2.05, 4.69) is 15.2 Å². The number of nitrogens with zero attached hydrogens (tertiary/aromatic N) is 1. The number of aliphatic imine (C=N–C) groups is 1. The number of ether oxygens (including phenoxy) is 1. The monoisotopic (exact) mass is 199 g/mol. The van der Waals surface area contributed by atoms with Crippen LogP contribution in [0.15, 0.2) is 4.99 Å². The molecule has 0 rings (SSSR count). The van der Waals surface area contributed by atoms with Crippen LogP contribution >= 0.6 is 0 Å². The number of halogens is 3. The molecule has 0 fully saturated rings. The van der Waals surface area contributed by atoms with E-state index in [1.54, 1.807) is 6.92 Å².